The van der Waals surface area contributed by atoms with Crippen LogP contribution in [0.4, 0.5) is 0 Å². The molecule has 0 saturated heterocycles. The number of aliphatic carboxylic acids is 1. The smallest absolute Gasteiger partial charge is 0.322 e. The Hall–Kier alpha value is -3.44. The van der Waals surface area contributed by atoms with Crippen LogP contribution in [0.3, 0.4) is 0 Å². The van der Waals surface area contributed by atoms with Gasteiger partial charge in [0.05, 0.1) is 6.04 Å². The monoisotopic (exact) mass is 502 g/mol. The number of carboxylic acid groups (broad SMARTS) is 1. The highest BCUT2D eigenvalue weighted by Gasteiger charge is 2.30. The minimum Gasteiger partial charge on any atom is -0.480 e. The highest BCUT2D eigenvalue weighted by atomic mass is 16.4. The zero-order chi connectivity index (χ0) is 26.7. The molecule has 0 spiro atoms. The molecular formula is C25H38N6O5. The van der Waals surface area contributed by atoms with Crippen molar-refractivity contribution in [2.45, 2.75) is 64.1 Å². The predicted octanol–water partition coefficient (Wildman–Crippen LogP) is 0.383. The van der Waals surface area contributed by atoms with Crippen molar-refractivity contribution in [3.05, 3.63) is 36.0 Å². The lowest BCUT2D eigenvalue weighted by Crippen LogP contribution is -2.57. The summed E-state index contributed by atoms with van der Waals surface area (Å²) in [6.07, 6.45) is 4.11. The van der Waals surface area contributed by atoms with Crippen LogP contribution in [0.1, 0.15) is 45.1 Å². The van der Waals surface area contributed by atoms with Crippen molar-refractivity contribution in [3.63, 3.8) is 0 Å². The summed E-state index contributed by atoms with van der Waals surface area (Å²) in [5.74, 6) is -2.92. The number of aromatic nitrogens is 1. The van der Waals surface area contributed by atoms with Gasteiger partial charge in [-0.15, -0.1) is 0 Å². The second-order valence-electron chi connectivity index (χ2n) is 8.99. The van der Waals surface area contributed by atoms with Gasteiger partial charge in [-0.25, -0.2) is 0 Å². The van der Waals surface area contributed by atoms with Crippen LogP contribution in [-0.4, -0.2) is 65.0 Å². The lowest BCUT2D eigenvalue weighted by molar-refractivity contribution is -0.138. The third-order valence-corrected chi connectivity index (χ3v) is 6.29. The standard InChI is InChI=1S/C25H38N6O5/c1-3-15(2)22(27)25(36)31-20(12-16-13-28-18-9-5-4-8-17(16)18)24(35)30-19(10-6-7-11-26)23(34)29-14-21(32)33/h4-5,8-9,13,15,19-20,22,28H,3,6-7,10-12,14,26-27H2,1-2H3,(H,29,34)(H,30,35)(H,31,36)(H,32,33). The number of fused-ring (bicyclic) bond motifs is 1. The molecule has 0 aliphatic carbocycles. The van der Waals surface area contributed by atoms with E-state index in [0.717, 1.165) is 16.5 Å². The molecule has 0 aliphatic heterocycles. The van der Waals surface area contributed by atoms with Crippen LogP contribution in [0.15, 0.2) is 30.5 Å². The van der Waals surface area contributed by atoms with E-state index in [0.29, 0.717) is 25.8 Å². The van der Waals surface area contributed by atoms with Gasteiger partial charge >= 0.3 is 5.97 Å². The second kappa shape index (κ2) is 14.2. The quantitative estimate of drug-likeness (QED) is 0.171. The van der Waals surface area contributed by atoms with E-state index in [-0.39, 0.29) is 18.8 Å². The van der Waals surface area contributed by atoms with Gasteiger partial charge in [0.2, 0.25) is 17.7 Å². The van der Waals surface area contributed by atoms with Gasteiger partial charge < -0.3 is 37.5 Å². The Morgan fingerprint density at radius 1 is 1.03 bits per heavy atom. The van der Waals surface area contributed by atoms with Crippen molar-refractivity contribution >= 4 is 34.6 Å². The third kappa shape index (κ3) is 8.35. The fraction of sp³-hybridized carbons (Fsp3) is 0.520. The van der Waals surface area contributed by atoms with E-state index in [2.05, 4.69) is 20.9 Å². The summed E-state index contributed by atoms with van der Waals surface area (Å²) >= 11 is 0. The van der Waals surface area contributed by atoms with Crippen molar-refractivity contribution in [1.29, 1.82) is 0 Å². The van der Waals surface area contributed by atoms with Gasteiger partial charge in [0.25, 0.3) is 0 Å². The minimum absolute atomic E-state index is 0.0902. The molecule has 36 heavy (non-hydrogen) atoms. The molecule has 0 radical (unpaired) electrons. The molecule has 4 atom stereocenters. The van der Waals surface area contributed by atoms with Gasteiger partial charge in [-0.3, -0.25) is 19.2 Å². The number of carbonyl (C=O) groups is 4. The first kappa shape index (κ1) is 28.8. The average molecular weight is 503 g/mol. The van der Waals surface area contributed by atoms with E-state index < -0.39 is 48.4 Å². The predicted molar refractivity (Wildman–Crippen MR) is 137 cm³/mol. The van der Waals surface area contributed by atoms with Crippen molar-refractivity contribution in [1.82, 2.24) is 20.9 Å². The number of nitrogens with two attached hydrogens (primary N) is 2. The summed E-state index contributed by atoms with van der Waals surface area (Å²) in [7, 11) is 0. The van der Waals surface area contributed by atoms with Crippen molar-refractivity contribution in [2.24, 2.45) is 17.4 Å². The Morgan fingerprint density at radius 3 is 2.39 bits per heavy atom. The minimum atomic E-state index is -1.20. The normalized spacial score (nSPS) is 14.4. The second-order valence-corrected chi connectivity index (χ2v) is 8.99. The van der Waals surface area contributed by atoms with E-state index >= 15 is 0 Å². The largest absolute Gasteiger partial charge is 0.480 e. The Bertz CT molecular complexity index is 1040. The molecule has 11 heteroatoms. The molecule has 4 unspecified atom stereocenters. The van der Waals surface area contributed by atoms with Crippen LogP contribution in [0.25, 0.3) is 10.9 Å². The number of amides is 3. The molecule has 1 aromatic carbocycles. The Morgan fingerprint density at radius 2 is 1.72 bits per heavy atom. The lowest BCUT2D eigenvalue weighted by atomic mass is 9.98. The fourth-order valence-corrected chi connectivity index (χ4v) is 3.83. The number of benzene rings is 1. The fourth-order valence-electron chi connectivity index (χ4n) is 3.83. The number of hydrogen-bond acceptors (Lipinski definition) is 6. The van der Waals surface area contributed by atoms with Gasteiger partial charge in [-0.05, 0) is 43.4 Å². The van der Waals surface area contributed by atoms with Gasteiger partial charge in [0.1, 0.15) is 18.6 Å². The molecule has 2 rings (SSSR count). The summed E-state index contributed by atoms with van der Waals surface area (Å²) in [6.45, 7) is 3.64. The molecule has 198 valence electrons. The van der Waals surface area contributed by atoms with E-state index in [1.54, 1.807) is 6.20 Å². The van der Waals surface area contributed by atoms with Crippen LogP contribution in [-0.2, 0) is 25.6 Å². The maximum absolute atomic E-state index is 13.4. The summed E-state index contributed by atoms with van der Waals surface area (Å²) in [5.41, 5.74) is 13.4. The number of H-pyrrole nitrogens is 1. The van der Waals surface area contributed by atoms with Crippen LogP contribution in [0, 0.1) is 5.92 Å². The Labute approximate surface area is 210 Å². The zero-order valence-corrected chi connectivity index (χ0v) is 20.9. The molecular weight excluding hydrogens is 464 g/mol. The number of unbranched alkanes of at least 4 members (excludes halogenated alkanes) is 1. The number of hydrogen-bond donors (Lipinski definition) is 7. The highest BCUT2D eigenvalue weighted by molar-refractivity contribution is 5.94. The molecule has 3 amide bonds. The number of nitrogens with one attached hydrogen (secondary N) is 4. The molecule has 0 fully saturated rings. The molecule has 2 aromatic rings. The summed E-state index contributed by atoms with van der Waals surface area (Å²) < 4.78 is 0. The highest BCUT2D eigenvalue weighted by Crippen LogP contribution is 2.19. The van der Waals surface area contributed by atoms with Crippen molar-refractivity contribution in [3.8, 4) is 0 Å². The number of carbonyl (C=O) groups excluding carboxylic acids is 3. The molecule has 0 bridgehead atoms. The molecule has 1 aromatic heterocycles. The van der Waals surface area contributed by atoms with E-state index in [1.807, 2.05) is 38.1 Å². The van der Waals surface area contributed by atoms with Gasteiger partial charge in [-0.2, -0.15) is 0 Å². The number of rotatable bonds is 15. The molecule has 0 saturated carbocycles. The van der Waals surface area contributed by atoms with E-state index in [4.69, 9.17) is 16.6 Å². The first-order valence-electron chi connectivity index (χ1n) is 12.3. The van der Waals surface area contributed by atoms with Crippen molar-refractivity contribution in [2.75, 3.05) is 13.1 Å². The first-order chi connectivity index (χ1) is 17.2. The van der Waals surface area contributed by atoms with Crippen LogP contribution in [0.5, 0.6) is 0 Å². The SMILES string of the molecule is CCC(C)C(N)C(=O)NC(Cc1c[nH]c2ccccc12)C(=O)NC(CCCCN)C(=O)NCC(=O)O. The Balaban J connectivity index is 2.26. The van der Waals surface area contributed by atoms with Crippen LogP contribution in [0.2, 0.25) is 0 Å². The van der Waals surface area contributed by atoms with Crippen LogP contribution < -0.4 is 27.4 Å². The number of aromatic amines is 1. The third-order valence-electron chi connectivity index (χ3n) is 6.29. The average Bonchev–Trinajstić information content (AvgIpc) is 3.27. The van der Waals surface area contributed by atoms with E-state index in [9.17, 15) is 19.2 Å². The zero-order valence-electron chi connectivity index (χ0n) is 20.9. The molecule has 0 aliphatic rings. The number of para-hydroxylation sites is 1. The van der Waals surface area contributed by atoms with Gasteiger partial charge in [0.15, 0.2) is 0 Å². The Kier molecular flexibility index (Phi) is 11.4. The van der Waals surface area contributed by atoms with Gasteiger partial charge in [0, 0.05) is 23.5 Å². The molecule has 1 heterocycles. The summed E-state index contributed by atoms with van der Waals surface area (Å²) in [4.78, 5) is 52.9. The maximum Gasteiger partial charge on any atom is 0.322 e. The maximum atomic E-state index is 13.4. The van der Waals surface area contributed by atoms with Crippen LogP contribution >= 0.6 is 0 Å². The molecule has 11 nitrogen and oxygen atoms in total. The van der Waals surface area contributed by atoms with E-state index in [1.165, 1.54) is 0 Å². The lowest BCUT2D eigenvalue weighted by Gasteiger charge is -2.25. The van der Waals surface area contributed by atoms with Gasteiger partial charge in [-0.1, -0.05) is 38.5 Å². The summed E-state index contributed by atoms with van der Waals surface area (Å²) in [5, 5.41) is 17.6. The van der Waals surface area contributed by atoms with Crippen molar-refractivity contribution < 1.29 is 24.3 Å². The first-order valence-corrected chi connectivity index (χ1v) is 12.3. The molecule has 9 N–H and O–H groups in total. The summed E-state index contributed by atoms with van der Waals surface area (Å²) in [6, 6.07) is 4.81. The number of carboxylic acids is 1. The topological polar surface area (TPSA) is 192 Å².